The average Bonchev–Trinajstić information content (AvgIpc) is 1.63. The topological polar surface area (TPSA) is 0 Å². The fourth-order valence-corrected chi connectivity index (χ4v) is 1.98. The van der Waals surface area contributed by atoms with E-state index in [2.05, 4.69) is 27.7 Å². The fraction of sp³-hybridized carbons (Fsp3) is 1.00. The highest BCUT2D eigenvalue weighted by Crippen LogP contribution is 2.20. The van der Waals surface area contributed by atoms with Crippen molar-refractivity contribution >= 4 is 8.58 Å². The van der Waals surface area contributed by atoms with Crippen molar-refractivity contribution in [3.8, 4) is 0 Å². The lowest BCUT2D eigenvalue weighted by Crippen LogP contribution is -1.91. The Balaban J connectivity index is 2.91. The summed E-state index contributed by atoms with van der Waals surface area (Å²) in [6, 6.07) is 0. The molecular formula is C8H19P. The summed E-state index contributed by atoms with van der Waals surface area (Å²) in [4.78, 5) is 0. The lowest BCUT2D eigenvalue weighted by Gasteiger charge is -2.06. The molecule has 0 spiro atoms. The van der Waals surface area contributed by atoms with Crippen LogP contribution in [-0.2, 0) is 0 Å². The van der Waals surface area contributed by atoms with Gasteiger partial charge in [0.2, 0.25) is 0 Å². The first-order valence-corrected chi connectivity index (χ1v) is 5.14. The molecule has 0 aromatic heterocycles. The van der Waals surface area contributed by atoms with Crippen LogP contribution >= 0.6 is 8.58 Å². The summed E-state index contributed by atoms with van der Waals surface area (Å²) in [5.74, 6) is 0.899. The molecule has 0 heterocycles. The summed E-state index contributed by atoms with van der Waals surface area (Å²) >= 11 is 0. The number of rotatable bonds is 4. The van der Waals surface area contributed by atoms with Crippen molar-refractivity contribution < 1.29 is 0 Å². The maximum atomic E-state index is 2.30. The molecule has 0 aromatic rings. The van der Waals surface area contributed by atoms with Gasteiger partial charge in [0, 0.05) is 0 Å². The van der Waals surface area contributed by atoms with Gasteiger partial charge in [0.1, 0.15) is 0 Å². The highest BCUT2D eigenvalue weighted by Gasteiger charge is 1.95. The zero-order chi connectivity index (χ0) is 7.28. The van der Waals surface area contributed by atoms with Crippen molar-refractivity contribution in [3.05, 3.63) is 0 Å². The minimum Gasteiger partial charge on any atom is -0.119 e. The summed E-state index contributed by atoms with van der Waals surface area (Å²) in [6.45, 7) is 9.20. The van der Waals surface area contributed by atoms with Crippen molar-refractivity contribution in [1.29, 1.82) is 0 Å². The largest absolute Gasteiger partial charge is 0.119 e. The van der Waals surface area contributed by atoms with E-state index in [1.807, 2.05) is 0 Å². The summed E-state index contributed by atoms with van der Waals surface area (Å²) in [5, 5.41) is 0. The van der Waals surface area contributed by atoms with Crippen molar-refractivity contribution in [3.63, 3.8) is 0 Å². The Kier molecular flexibility index (Phi) is 5.48. The van der Waals surface area contributed by atoms with Crippen molar-refractivity contribution in [2.45, 2.75) is 39.8 Å². The zero-order valence-electron chi connectivity index (χ0n) is 7.07. The second-order valence-electron chi connectivity index (χ2n) is 3.29. The van der Waals surface area contributed by atoms with Gasteiger partial charge >= 0.3 is 0 Å². The van der Waals surface area contributed by atoms with E-state index in [-0.39, 0.29) is 0 Å². The third-order valence-electron chi connectivity index (χ3n) is 1.27. The van der Waals surface area contributed by atoms with Gasteiger partial charge in [0.25, 0.3) is 0 Å². The Bertz CT molecular complexity index is 49.6. The van der Waals surface area contributed by atoms with E-state index in [1.165, 1.54) is 21.2 Å². The quantitative estimate of drug-likeness (QED) is 0.534. The number of hydrogen-bond acceptors (Lipinski definition) is 0. The Hall–Kier alpha value is 0.430. The van der Waals surface area contributed by atoms with E-state index in [4.69, 9.17) is 0 Å². The van der Waals surface area contributed by atoms with Crippen molar-refractivity contribution in [2.24, 2.45) is 5.92 Å². The van der Waals surface area contributed by atoms with Gasteiger partial charge in [-0.25, -0.2) is 0 Å². The number of hydrogen-bond donors (Lipinski definition) is 0. The molecule has 0 N–H and O–H groups in total. The smallest absolute Gasteiger partial charge is 0.0294 e. The molecule has 1 heteroatoms. The molecule has 9 heavy (non-hydrogen) atoms. The van der Waals surface area contributed by atoms with Crippen LogP contribution < -0.4 is 0 Å². The van der Waals surface area contributed by atoms with Crippen LogP contribution in [0.4, 0.5) is 0 Å². The van der Waals surface area contributed by atoms with E-state index in [9.17, 15) is 0 Å². The van der Waals surface area contributed by atoms with E-state index in [1.54, 1.807) is 0 Å². The molecule has 0 aliphatic heterocycles. The molecule has 56 valence electrons. The normalized spacial score (nSPS) is 12.7. The molecule has 0 rings (SSSR count). The van der Waals surface area contributed by atoms with Crippen LogP contribution in [-0.4, -0.2) is 11.8 Å². The molecule has 0 fully saturated rings. The van der Waals surface area contributed by atoms with E-state index in [0.29, 0.717) is 0 Å². The van der Waals surface area contributed by atoms with Gasteiger partial charge in [-0.1, -0.05) is 27.7 Å². The summed E-state index contributed by atoms with van der Waals surface area (Å²) in [5.41, 5.74) is 0.920. The minimum absolute atomic E-state index is 0.899. The van der Waals surface area contributed by atoms with Gasteiger partial charge in [-0.15, -0.1) is 8.58 Å². The van der Waals surface area contributed by atoms with Crippen LogP contribution in [0.5, 0.6) is 0 Å². The highest BCUT2D eigenvalue weighted by molar-refractivity contribution is 7.38. The predicted molar refractivity (Wildman–Crippen MR) is 47.8 cm³/mol. The third-order valence-corrected chi connectivity index (χ3v) is 2.67. The molecule has 0 radical (unpaired) electrons. The molecule has 0 bridgehead atoms. The van der Waals surface area contributed by atoms with Crippen LogP contribution in [0.25, 0.3) is 0 Å². The minimum atomic E-state index is 0.899. The second-order valence-corrected chi connectivity index (χ2v) is 5.35. The maximum absolute atomic E-state index is 2.30. The van der Waals surface area contributed by atoms with Gasteiger partial charge in [0.15, 0.2) is 0 Å². The van der Waals surface area contributed by atoms with E-state index >= 15 is 0 Å². The Morgan fingerprint density at radius 3 is 2.00 bits per heavy atom. The van der Waals surface area contributed by atoms with E-state index < -0.39 is 0 Å². The third kappa shape index (κ3) is 8.43. The zero-order valence-corrected chi connectivity index (χ0v) is 8.07. The van der Waals surface area contributed by atoms with Gasteiger partial charge in [0.05, 0.1) is 0 Å². The first-order valence-electron chi connectivity index (χ1n) is 3.86. The summed E-state index contributed by atoms with van der Waals surface area (Å²) in [7, 11) is 1.18. The van der Waals surface area contributed by atoms with E-state index in [0.717, 1.165) is 11.6 Å². The standard InChI is InChI=1S/C8H19P/c1-7(2)5-6-9-8(3)4/h7-9H,5-6H2,1-4H3. The molecular weight excluding hydrogens is 127 g/mol. The Morgan fingerprint density at radius 2 is 1.67 bits per heavy atom. The molecule has 0 amide bonds. The molecule has 0 nitrogen and oxygen atoms in total. The van der Waals surface area contributed by atoms with Crippen LogP contribution in [0.2, 0.25) is 0 Å². The van der Waals surface area contributed by atoms with Crippen molar-refractivity contribution in [1.82, 2.24) is 0 Å². The van der Waals surface area contributed by atoms with Crippen LogP contribution in [0.3, 0.4) is 0 Å². The molecule has 1 atom stereocenters. The maximum Gasteiger partial charge on any atom is -0.0294 e. The van der Waals surface area contributed by atoms with Crippen molar-refractivity contribution in [2.75, 3.05) is 6.16 Å². The molecule has 0 saturated heterocycles. The highest BCUT2D eigenvalue weighted by atomic mass is 31.1. The van der Waals surface area contributed by atoms with Gasteiger partial charge in [-0.05, 0) is 24.2 Å². The van der Waals surface area contributed by atoms with Crippen LogP contribution in [0.1, 0.15) is 34.1 Å². The molecule has 0 aromatic carbocycles. The Morgan fingerprint density at radius 1 is 1.11 bits per heavy atom. The molecule has 1 unspecified atom stereocenters. The average molecular weight is 146 g/mol. The molecule has 0 aliphatic carbocycles. The first-order chi connectivity index (χ1) is 4.13. The van der Waals surface area contributed by atoms with Gasteiger partial charge < -0.3 is 0 Å². The fourth-order valence-electron chi connectivity index (χ4n) is 0.661. The molecule has 0 saturated carbocycles. The Labute approximate surface area is 61.2 Å². The first kappa shape index (κ1) is 9.43. The van der Waals surface area contributed by atoms with Gasteiger partial charge in [-0.3, -0.25) is 0 Å². The summed E-state index contributed by atoms with van der Waals surface area (Å²) in [6.07, 6.45) is 2.85. The van der Waals surface area contributed by atoms with Crippen LogP contribution in [0.15, 0.2) is 0 Å². The summed E-state index contributed by atoms with van der Waals surface area (Å²) < 4.78 is 0. The predicted octanol–water partition coefficient (Wildman–Crippen LogP) is 3.12. The molecule has 0 aliphatic rings. The second kappa shape index (κ2) is 5.23. The monoisotopic (exact) mass is 146 g/mol. The van der Waals surface area contributed by atoms with Crippen LogP contribution in [0, 0.1) is 5.92 Å². The lowest BCUT2D eigenvalue weighted by atomic mass is 10.2. The van der Waals surface area contributed by atoms with Gasteiger partial charge in [-0.2, -0.15) is 0 Å². The SMILES string of the molecule is CC(C)CCPC(C)C. The lowest BCUT2D eigenvalue weighted by molar-refractivity contribution is 0.630.